The van der Waals surface area contributed by atoms with E-state index in [2.05, 4.69) is 4.76 Å². The maximum Gasteiger partial charge on any atom is 0.651 e. The molecular formula is C5H10BNO3. The minimum atomic E-state index is -1.69. The first-order chi connectivity index (χ1) is 4.79. The molecule has 1 heterocycles. The molecule has 0 spiro atoms. The lowest BCUT2D eigenvalue weighted by molar-refractivity contribution is -0.0872. The minimum absolute atomic E-state index is 0.623. The summed E-state index contributed by atoms with van der Waals surface area (Å²) in [5, 5.41) is 18.2. The van der Waals surface area contributed by atoms with Gasteiger partial charge < -0.3 is 10.0 Å². The van der Waals surface area contributed by atoms with Gasteiger partial charge in [0.2, 0.25) is 0 Å². The highest BCUT2D eigenvalue weighted by Crippen LogP contribution is 2.00. The zero-order chi connectivity index (χ0) is 7.40. The van der Waals surface area contributed by atoms with Crippen molar-refractivity contribution in [1.29, 1.82) is 0 Å². The van der Waals surface area contributed by atoms with Crippen molar-refractivity contribution in [2.45, 2.75) is 6.42 Å². The monoisotopic (exact) mass is 143 g/mol. The topological polar surface area (TPSA) is 52.9 Å². The number of rotatable bonds is 2. The normalized spacial score (nSPS) is 19.4. The molecule has 56 valence electrons. The molecule has 0 unspecified atom stereocenters. The van der Waals surface area contributed by atoms with Crippen LogP contribution in [0.1, 0.15) is 6.42 Å². The van der Waals surface area contributed by atoms with E-state index in [1.54, 1.807) is 0 Å². The van der Waals surface area contributed by atoms with Gasteiger partial charge in [-0.2, -0.15) is 5.06 Å². The van der Waals surface area contributed by atoms with Gasteiger partial charge >= 0.3 is 7.32 Å². The predicted molar refractivity (Wildman–Crippen MR) is 36.6 cm³/mol. The first-order valence-electron chi connectivity index (χ1n) is 3.22. The molecule has 0 fully saturated rings. The van der Waals surface area contributed by atoms with E-state index in [0.29, 0.717) is 13.1 Å². The van der Waals surface area contributed by atoms with Crippen molar-refractivity contribution < 1.29 is 14.8 Å². The Morgan fingerprint density at radius 1 is 1.40 bits per heavy atom. The van der Waals surface area contributed by atoms with Gasteiger partial charge in [0.05, 0.1) is 0 Å². The zero-order valence-electron chi connectivity index (χ0n) is 5.60. The van der Waals surface area contributed by atoms with Crippen LogP contribution in [0.3, 0.4) is 0 Å². The van der Waals surface area contributed by atoms with Gasteiger partial charge in [-0.3, -0.25) is 4.76 Å². The maximum absolute atomic E-state index is 8.37. The molecule has 0 saturated heterocycles. The molecule has 0 bridgehead atoms. The Bertz CT molecular complexity index is 128. The molecule has 0 aromatic rings. The third-order valence-electron chi connectivity index (χ3n) is 1.26. The van der Waals surface area contributed by atoms with E-state index >= 15 is 0 Å². The van der Waals surface area contributed by atoms with Gasteiger partial charge in [-0.25, -0.2) is 0 Å². The zero-order valence-corrected chi connectivity index (χ0v) is 5.60. The van der Waals surface area contributed by atoms with Crippen LogP contribution < -0.4 is 0 Å². The molecule has 0 radical (unpaired) electrons. The largest absolute Gasteiger partial charge is 0.651 e. The van der Waals surface area contributed by atoms with Gasteiger partial charge in [-0.1, -0.05) is 12.2 Å². The molecule has 2 N–H and O–H groups in total. The predicted octanol–water partition coefficient (Wildman–Crippen LogP) is -0.851. The van der Waals surface area contributed by atoms with Crippen LogP contribution in [-0.2, 0) is 4.76 Å². The molecular weight excluding hydrogens is 133 g/mol. The Kier molecular flexibility index (Phi) is 2.89. The van der Waals surface area contributed by atoms with Crippen LogP contribution in [0.2, 0.25) is 0 Å². The summed E-state index contributed by atoms with van der Waals surface area (Å²) < 4.78 is 4.58. The van der Waals surface area contributed by atoms with E-state index in [1.165, 1.54) is 5.06 Å². The van der Waals surface area contributed by atoms with Gasteiger partial charge in [0, 0.05) is 13.1 Å². The Hall–Kier alpha value is -0.355. The molecule has 0 aromatic heterocycles. The first-order valence-corrected chi connectivity index (χ1v) is 3.22. The molecule has 1 aliphatic rings. The number of nitrogens with zero attached hydrogens (tertiary/aromatic N) is 1. The van der Waals surface area contributed by atoms with Crippen LogP contribution in [0.4, 0.5) is 0 Å². The maximum atomic E-state index is 8.37. The second-order valence-corrected chi connectivity index (χ2v) is 2.08. The molecule has 0 saturated carbocycles. The minimum Gasteiger partial charge on any atom is -0.401 e. The summed E-state index contributed by atoms with van der Waals surface area (Å²) in [5.74, 6) is 0. The van der Waals surface area contributed by atoms with Crippen molar-refractivity contribution >= 4 is 7.32 Å². The molecule has 5 heteroatoms. The fourth-order valence-corrected chi connectivity index (χ4v) is 0.849. The van der Waals surface area contributed by atoms with E-state index in [9.17, 15) is 0 Å². The summed E-state index contributed by atoms with van der Waals surface area (Å²) in [6.45, 7) is 1.34. The summed E-state index contributed by atoms with van der Waals surface area (Å²) in [5.41, 5.74) is 0. The molecule has 0 atom stereocenters. The SMILES string of the molecule is OB(O)ON1CC=CCC1. The lowest BCUT2D eigenvalue weighted by atomic mass is 10.2. The van der Waals surface area contributed by atoms with E-state index < -0.39 is 7.32 Å². The highest BCUT2D eigenvalue weighted by atomic mass is 16.7. The van der Waals surface area contributed by atoms with Crippen LogP contribution in [0.15, 0.2) is 12.2 Å². The van der Waals surface area contributed by atoms with E-state index in [4.69, 9.17) is 10.0 Å². The summed E-state index contributed by atoms with van der Waals surface area (Å²) in [7, 11) is -1.69. The van der Waals surface area contributed by atoms with E-state index in [-0.39, 0.29) is 0 Å². The highest BCUT2D eigenvalue weighted by molar-refractivity contribution is 6.32. The average molecular weight is 143 g/mol. The van der Waals surface area contributed by atoms with E-state index in [1.807, 2.05) is 12.2 Å². The highest BCUT2D eigenvalue weighted by Gasteiger charge is 2.15. The summed E-state index contributed by atoms with van der Waals surface area (Å²) in [6, 6.07) is 0. The van der Waals surface area contributed by atoms with Crippen LogP contribution >= 0.6 is 0 Å². The average Bonchev–Trinajstić information content (AvgIpc) is 1.88. The third kappa shape index (κ3) is 2.49. The lowest BCUT2D eigenvalue weighted by Crippen LogP contribution is -2.34. The molecule has 1 rings (SSSR count). The van der Waals surface area contributed by atoms with Crippen molar-refractivity contribution in [3.05, 3.63) is 12.2 Å². The van der Waals surface area contributed by atoms with Crippen LogP contribution in [0.25, 0.3) is 0 Å². The van der Waals surface area contributed by atoms with Crippen molar-refractivity contribution in [2.75, 3.05) is 13.1 Å². The molecule has 0 aliphatic carbocycles. The van der Waals surface area contributed by atoms with Crippen LogP contribution in [0.5, 0.6) is 0 Å². The Morgan fingerprint density at radius 2 is 2.20 bits per heavy atom. The van der Waals surface area contributed by atoms with Gasteiger partial charge in [0.25, 0.3) is 0 Å². The molecule has 0 aromatic carbocycles. The molecule has 10 heavy (non-hydrogen) atoms. The van der Waals surface area contributed by atoms with Crippen molar-refractivity contribution in [2.24, 2.45) is 0 Å². The van der Waals surface area contributed by atoms with E-state index in [0.717, 1.165) is 6.42 Å². The molecule has 1 aliphatic heterocycles. The molecule has 4 nitrogen and oxygen atoms in total. The Labute approximate surface area is 59.8 Å². The second kappa shape index (κ2) is 3.73. The quantitative estimate of drug-likeness (QED) is 0.390. The van der Waals surface area contributed by atoms with Crippen molar-refractivity contribution in [1.82, 2.24) is 5.06 Å². The fraction of sp³-hybridized carbons (Fsp3) is 0.600. The van der Waals surface area contributed by atoms with Gasteiger partial charge in [0.15, 0.2) is 0 Å². The third-order valence-corrected chi connectivity index (χ3v) is 1.26. The lowest BCUT2D eigenvalue weighted by Gasteiger charge is -2.21. The number of hydrogen-bond donors (Lipinski definition) is 2. The van der Waals surface area contributed by atoms with Crippen LogP contribution in [-0.4, -0.2) is 35.5 Å². The number of hydrogen-bond acceptors (Lipinski definition) is 4. The van der Waals surface area contributed by atoms with Crippen molar-refractivity contribution in [3.63, 3.8) is 0 Å². The van der Waals surface area contributed by atoms with Crippen molar-refractivity contribution in [3.8, 4) is 0 Å². The summed E-state index contributed by atoms with van der Waals surface area (Å²) in [6.07, 6.45) is 4.85. The fourth-order valence-electron chi connectivity index (χ4n) is 0.849. The number of hydroxylamine groups is 2. The summed E-state index contributed by atoms with van der Waals surface area (Å²) in [4.78, 5) is 0. The standard InChI is InChI=1S/C5H10BNO3/c8-6(9)10-7-4-2-1-3-5-7/h1-2,8-9H,3-5H2. The Balaban J connectivity index is 2.22. The second-order valence-electron chi connectivity index (χ2n) is 2.08. The Morgan fingerprint density at radius 3 is 2.70 bits per heavy atom. The summed E-state index contributed by atoms with van der Waals surface area (Å²) >= 11 is 0. The van der Waals surface area contributed by atoms with Gasteiger partial charge in [0.1, 0.15) is 0 Å². The van der Waals surface area contributed by atoms with Gasteiger partial charge in [-0.05, 0) is 6.42 Å². The molecule has 0 amide bonds. The smallest absolute Gasteiger partial charge is 0.401 e. The van der Waals surface area contributed by atoms with Crippen LogP contribution in [0, 0.1) is 0 Å². The first kappa shape index (κ1) is 7.75. The van der Waals surface area contributed by atoms with Gasteiger partial charge in [-0.15, -0.1) is 0 Å².